The van der Waals surface area contributed by atoms with E-state index in [2.05, 4.69) is 15.3 Å². The molecule has 3 aromatic rings. The third kappa shape index (κ3) is 3.35. The Kier molecular flexibility index (Phi) is 4.81. The van der Waals surface area contributed by atoms with Gasteiger partial charge in [-0.2, -0.15) is 0 Å². The van der Waals surface area contributed by atoms with Gasteiger partial charge in [-0.25, -0.2) is 9.97 Å². The number of aromatic nitrogens is 3. The molecular weight excluding hydrogens is 354 g/mol. The number of rotatable bonds is 4. The summed E-state index contributed by atoms with van der Waals surface area (Å²) in [5, 5.41) is 3.02. The Morgan fingerprint density at radius 3 is 2.75 bits per heavy atom. The quantitative estimate of drug-likeness (QED) is 0.751. The molecule has 0 spiro atoms. The van der Waals surface area contributed by atoms with E-state index in [-0.39, 0.29) is 17.5 Å². The van der Waals surface area contributed by atoms with Gasteiger partial charge in [0.2, 0.25) is 5.91 Å². The van der Waals surface area contributed by atoms with E-state index in [1.54, 1.807) is 14.0 Å². The second-order valence-electron chi connectivity index (χ2n) is 7.12. The maximum atomic E-state index is 12.8. The number of aryl methyl sites for hydroxylation is 1. The van der Waals surface area contributed by atoms with Crippen molar-refractivity contribution in [3.8, 4) is 0 Å². The molecule has 0 radical (unpaired) electrons. The number of benzene rings is 1. The molecule has 4 rings (SSSR count). The number of carbonyl (C=O) groups excluding carboxylic acids is 1. The molecule has 1 atom stereocenters. The molecule has 1 unspecified atom stereocenters. The van der Waals surface area contributed by atoms with E-state index in [9.17, 15) is 9.59 Å². The topological polar surface area (TPSA) is 80.1 Å². The van der Waals surface area contributed by atoms with Crippen LogP contribution in [-0.2, 0) is 18.4 Å². The van der Waals surface area contributed by atoms with Crippen molar-refractivity contribution in [1.29, 1.82) is 0 Å². The fourth-order valence-corrected chi connectivity index (χ4v) is 3.62. The van der Waals surface area contributed by atoms with Gasteiger partial charge in [0.1, 0.15) is 17.7 Å². The maximum Gasteiger partial charge on any atom is 0.279 e. The van der Waals surface area contributed by atoms with E-state index >= 15 is 0 Å². The number of nitrogens with zero attached hydrogens (tertiary/aromatic N) is 4. The van der Waals surface area contributed by atoms with E-state index in [0.29, 0.717) is 29.2 Å². The summed E-state index contributed by atoms with van der Waals surface area (Å²) >= 11 is 0. The molecule has 2 aromatic heterocycles. The number of carbonyl (C=O) groups is 1. The van der Waals surface area contributed by atoms with Gasteiger partial charge in [-0.05, 0) is 37.5 Å². The molecule has 0 saturated carbocycles. The standard InChI is InChI=1S/C21H23N5O2/c1-14-23-16-10-11-18(24-19(16)21(28)25(14)2)26-12-6-9-17(26)20(27)22-13-15-7-4-3-5-8-15/h3-5,7-8,10-11,17H,6,9,12-13H2,1-2H3,(H,22,27). The third-order valence-corrected chi connectivity index (χ3v) is 5.29. The summed E-state index contributed by atoms with van der Waals surface area (Å²) in [6.07, 6.45) is 1.68. The summed E-state index contributed by atoms with van der Waals surface area (Å²) in [5.74, 6) is 1.28. The predicted octanol–water partition coefficient (Wildman–Crippen LogP) is 1.92. The SMILES string of the molecule is Cc1nc2ccc(N3CCCC3C(=O)NCc3ccccc3)nc2c(=O)n1C. The highest BCUT2D eigenvalue weighted by Crippen LogP contribution is 2.25. The summed E-state index contributed by atoms with van der Waals surface area (Å²) in [6.45, 7) is 3.03. The molecule has 1 saturated heterocycles. The molecule has 1 N–H and O–H groups in total. The second kappa shape index (κ2) is 7.42. The number of hydrogen-bond acceptors (Lipinski definition) is 5. The van der Waals surface area contributed by atoms with Crippen LogP contribution in [-0.4, -0.2) is 33.0 Å². The minimum atomic E-state index is -0.282. The minimum absolute atomic E-state index is 0.0156. The number of nitrogens with one attached hydrogen (secondary N) is 1. The lowest BCUT2D eigenvalue weighted by atomic mass is 10.2. The van der Waals surface area contributed by atoms with Crippen LogP contribution in [0, 0.1) is 6.92 Å². The second-order valence-corrected chi connectivity index (χ2v) is 7.12. The summed E-state index contributed by atoms with van der Waals surface area (Å²) in [5.41, 5.74) is 1.80. The maximum absolute atomic E-state index is 12.8. The average molecular weight is 377 g/mol. The smallest absolute Gasteiger partial charge is 0.279 e. The van der Waals surface area contributed by atoms with E-state index < -0.39 is 0 Å². The van der Waals surface area contributed by atoms with Crippen LogP contribution in [0.2, 0.25) is 0 Å². The summed E-state index contributed by atoms with van der Waals surface area (Å²) in [4.78, 5) is 36.3. The van der Waals surface area contributed by atoms with Gasteiger partial charge in [-0.1, -0.05) is 30.3 Å². The van der Waals surface area contributed by atoms with Crippen LogP contribution in [0.3, 0.4) is 0 Å². The highest BCUT2D eigenvalue weighted by atomic mass is 16.2. The molecular formula is C21H23N5O2. The van der Waals surface area contributed by atoms with Gasteiger partial charge in [0.15, 0.2) is 5.52 Å². The van der Waals surface area contributed by atoms with Gasteiger partial charge in [0.05, 0.1) is 5.52 Å². The number of amides is 1. The van der Waals surface area contributed by atoms with Crippen molar-refractivity contribution in [2.45, 2.75) is 32.4 Å². The van der Waals surface area contributed by atoms with Crippen LogP contribution < -0.4 is 15.8 Å². The normalized spacial score (nSPS) is 16.5. The Morgan fingerprint density at radius 1 is 1.18 bits per heavy atom. The zero-order valence-electron chi connectivity index (χ0n) is 16.1. The zero-order chi connectivity index (χ0) is 19.7. The summed E-state index contributed by atoms with van der Waals surface area (Å²) in [7, 11) is 1.69. The van der Waals surface area contributed by atoms with Gasteiger partial charge >= 0.3 is 0 Å². The zero-order valence-corrected chi connectivity index (χ0v) is 16.1. The Labute approximate surface area is 163 Å². The van der Waals surface area contributed by atoms with Gasteiger partial charge in [0.25, 0.3) is 5.56 Å². The first-order valence-corrected chi connectivity index (χ1v) is 9.47. The molecule has 7 nitrogen and oxygen atoms in total. The highest BCUT2D eigenvalue weighted by molar-refractivity contribution is 5.86. The number of pyridine rings is 1. The largest absolute Gasteiger partial charge is 0.350 e. The van der Waals surface area contributed by atoms with E-state index in [1.807, 2.05) is 47.4 Å². The molecule has 28 heavy (non-hydrogen) atoms. The fourth-order valence-electron chi connectivity index (χ4n) is 3.62. The van der Waals surface area contributed by atoms with Crippen LogP contribution >= 0.6 is 0 Å². The van der Waals surface area contributed by atoms with Crippen LogP contribution in [0.5, 0.6) is 0 Å². The van der Waals surface area contributed by atoms with E-state index in [1.165, 1.54) is 4.57 Å². The van der Waals surface area contributed by atoms with Crippen LogP contribution in [0.25, 0.3) is 11.0 Å². The molecule has 0 bridgehead atoms. The van der Waals surface area contributed by atoms with E-state index in [4.69, 9.17) is 0 Å². The average Bonchev–Trinajstić information content (AvgIpc) is 3.21. The molecule has 1 fully saturated rings. The lowest BCUT2D eigenvalue weighted by Gasteiger charge is -2.25. The van der Waals surface area contributed by atoms with E-state index in [0.717, 1.165) is 24.9 Å². The van der Waals surface area contributed by atoms with Crippen molar-refractivity contribution in [3.05, 3.63) is 64.2 Å². The van der Waals surface area contributed by atoms with Crippen molar-refractivity contribution in [2.24, 2.45) is 7.05 Å². The van der Waals surface area contributed by atoms with Crippen molar-refractivity contribution in [2.75, 3.05) is 11.4 Å². The summed E-state index contributed by atoms with van der Waals surface area (Å²) in [6, 6.07) is 13.2. The highest BCUT2D eigenvalue weighted by Gasteiger charge is 2.31. The molecule has 3 heterocycles. The Bertz CT molecular complexity index is 1080. The van der Waals surface area contributed by atoms with Crippen LogP contribution in [0.1, 0.15) is 24.2 Å². The monoisotopic (exact) mass is 377 g/mol. The van der Waals surface area contributed by atoms with Crippen LogP contribution in [0.15, 0.2) is 47.3 Å². The number of anilines is 1. The van der Waals surface area contributed by atoms with Crippen molar-refractivity contribution in [1.82, 2.24) is 19.9 Å². The number of fused-ring (bicyclic) bond motifs is 1. The molecule has 0 aliphatic carbocycles. The first-order valence-electron chi connectivity index (χ1n) is 9.47. The predicted molar refractivity (Wildman–Crippen MR) is 108 cm³/mol. The van der Waals surface area contributed by atoms with Crippen molar-refractivity contribution < 1.29 is 4.79 Å². The molecule has 1 aliphatic heterocycles. The van der Waals surface area contributed by atoms with Crippen LogP contribution in [0.4, 0.5) is 5.82 Å². The molecule has 1 amide bonds. The molecule has 1 aliphatic rings. The number of hydrogen-bond donors (Lipinski definition) is 1. The minimum Gasteiger partial charge on any atom is -0.350 e. The summed E-state index contributed by atoms with van der Waals surface area (Å²) < 4.78 is 1.49. The first-order chi connectivity index (χ1) is 13.5. The Hall–Kier alpha value is -3.22. The van der Waals surface area contributed by atoms with Crippen molar-refractivity contribution >= 4 is 22.8 Å². The van der Waals surface area contributed by atoms with Gasteiger partial charge in [0, 0.05) is 20.1 Å². The molecule has 144 valence electrons. The molecule has 7 heteroatoms. The lowest BCUT2D eigenvalue weighted by molar-refractivity contribution is -0.122. The first kappa shape index (κ1) is 18.2. The fraction of sp³-hybridized carbons (Fsp3) is 0.333. The Morgan fingerprint density at radius 2 is 1.96 bits per heavy atom. The van der Waals surface area contributed by atoms with Gasteiger partial charge in [-0.3, -0.25) is 14.2 Å². The van der Waals surface area contributed by atoms with Gasteiger partial charge < -0.3 is 10.2 Å². The van der Waals surface area contributed by atoms with Gasteiger partial charge in [-0.15, -0.1) is 0 Å². The molecule has 1 aromatic carbocycles. The lowest BCUT2D eigenvalue weighted by Crippen LogP contribution is -2.43. The Balaban J connectivity index is 1.57. The third-order valence-electron chi connectivity index (χ3n) is 5.29. The van der Waals surface area contributed by atoms with Crippen molar-refractivity contribution in [3.63, 3.8) is 0 Å².